The predicted octanol–water partition coefficient (Wildman–Crippen LogP) is 3.88. The molecule has 114 valence electrons. The lowest BCUT2D eigenvalue weighted by atomic mass is 10.1. The molecule has 1 atom stereocenters. The van der Waals surface area contributed by atoms with E-state index in [0.29, 0.717) is 16.7 Å². The summed E-state index contributed by atoms with van der Waals surface area (Å²) >= 11 is 12.1. The van der Waals surface area contributed by atoms with Crippen molar-refractivity contribution in [2.75, 3.05) is 19.0 Å². The Kier molecular flexibility index (Phi) is 5.91. The van der Waals surface area contributed by atoms with Crippen molar-refractivity contribution < 1.29 is 4.74 Å². The van der Waals surface area contributed by atoms with Gasteiger partial charge in [0.2, 0.25) is 5.95 Å². The zero-order chi connectivity index (χ0) is 15.2. The number of hydrogen-bond donors (Lipinski definition) is 1. The average molecular weight is 328 g/mol. The summed E-state index contributed by atoms with van der Waals surface area (Å²) in [4.78, 5) is 4.33. The van der Waals surface area contributed by atoms with Crippen molar-refractivity contribution >= 4 is 29.2 Å². The van der Waals surface area contributed by atoms with Crippen molar-refractivity contribution in [2.24, 2.45) is 0 Å². The molecule has 2 aromatic rings. The molecule has 4 nitrogen and oxygen atoms in total. The number of ether oxygens (including phenoxy) is 1. The smallest absolute Gasteiger partial charge is 0.203 e. The number of imidazole rings is 1. The van der Waals surface area contributed by atoms with Crippen molar-refractivity contribution in [2.45, 2.75) is 25.9 Å². The Bertz CT molecular complexity index is 586. The highest BCUT2D eigenvalue weighted by Gasteiger charge is 2.08. The van der Waals surface area contributed by atoms with Crippen LogP contribution in [0, 0.1) is 0 Å². The third-order valence-electron chi connectivity index (χ3n) is 3.14. The molecule has 21 heavy (non-hydrogen) atoms. The topological polar surface area (TPSA) is 39.1 Å². The quantitative estimate of drug-likeness (QED) is 0.838. The maximum Gasteiger partial charge on any atom is 0.203 e. The number of nitrogens with zero attached hydrogens (tertiary/aromatic N) is 2. The van der Waals surface area contributed by atoms with Gasteiger partial charge in [-0.05, 0) is 31.0 Å². The first-order valence-electron chi connectivity index (χ1n) is 6.80. The second kappa shape index (κ2) is 7.69. The van der Waals surface area contributed by atoms with Gasteiger partial charge >= 0.3 is 0 Å². The molecular weight excluding hydrogens is 309 g/mol. The maximum atomic E-state index is 6.19. The van der Waals surface area contributed by atoms with Crippen LogP contribution in [0.5, 0.6) is 0 Å². The largest absolute Gasteiger partial charge is 0.383 e. The third-order valence-corrected chi connectivity index (χ3v) is 3.73. The predicted molar refractivity (Wildman–Crippen MR) is 87.4 cm³/mol. The first kappa shape index (κ1) is 16.1. The number of rotatable bonds is 7. The Hall–Kier alpha value is -1.23. The summed E-state index contributed by atoms with van der Waals surface area (Å²) in [6.45, 7) is 3.48. The minimum atomic E-state index is 0.204. The minimum Gasteiger partial charge on any atom is -0.383 e. The van der Waals surface area contributed by atoms with Crippen LogP contribution in [0.25, 0.3) is 0 Å². The number of nitrogens with one attached hydrogen (secondary N) is 1. The van der Waals surface area contributed by atoms with Gasteiger partial charge in [-0.15, -0.1) is 0 Å². The Balaban J connectivity index is 1.99. The number of aryl methyl sites for hydroxylation is 2. The van der Waals surface area contributed by atoms with Gasteiger partial charge in [0.05, 0.1) is 6.61 Å². The van der Waals surface area contributed by atoms with Gasteiger partial charge in [0, 0.05) is 42.1 Å². The molecule has 0 saturated carbocycles. The van der Waals surface area contributed by atoms with Crippen LogP contribution in [0.1, 0.15) is 12.5 Å². The summed E-state index contributed by atoms with van der Waals surface area (Å²) in [6.07, 6.45) is 4.55. The van der Waals surface area contributed by atoms with Gasteiger partial charge in [-0.25, -0.2) is 4.98 Å². The number of halogens is 2. The molecule has 1 aromatic carbocycles. The number of benzene rings is 1. The summed E-state index contributed by atoms with van der Waals surface area (Å²) in [5, 5.41) is 4.68. The summed E-state index contributed by atoms with van der Waals surface area (Å²) in [5.74, 6) is 0.838. The van der Waals surface area contributed by atoms with E-state index < -0.39 is 0 Å². The minimum absolute atomic E-state index is 0.204. The normalized spacial score (nSPS) is 12.4. The highest BCUT2D eigenvalue weighted by atomic mass is 35.5. The van der Waals surface area contributed by atoms with Gasteiger partial charge < -0.3 is 14.6 Å². The van der Waals surface area contributed by atoms with Crippen molar-refractivity contribution in [1.29, 1.82) is 0 Å². The van der Waals surface area contributed by atoms with Crippen LogP contribution in [-0.4, -0.2) is 29.3 Å². The van der Waals surface area contributed by atoms with Crippen LogP contribution >= 0.6 is 23.2 Å². The second-order valence-corrected chi connectivity index (χ2v) is 5.77. The molecule has 0 saturated heterocycles. The molecule has 1 N–H and O–H groups in total. The molecule has 0 fully saturated rings. The van der Waals surface area contributed by atoms with E-state index in [0.717, 1.165) is 24.5 Å². The fourth-order valence-electron chi connectivity index (χ4n) is 2.11. The van der Waals surface area contributed by atoms with E-state index in [4.69, 9.17) is 27.9 Å². The van der Waals surface area contributed by atoms with E-state index in [-0.39, 0.29) is 6.04 Å². The Labute approximate surface area is 135 Å². The van der Waals surface area contributed by atoms with Gasteiger partial charge in [-0.2, -0.15) is 0 Å². The van der Waals surface area contributed by atoms with E-state index >= 15 is 0 Å². The molecule has 6 heteroatoms. The van der Waals surface area contributed by atoms with Gasteiger partial charge in [0.25, 0.3) is 0 Å². The molecular formula is C15H19Cl2N3O. The van der Waals surface area contributed by atoms with E-state index in [1.54, 1.807) is 19.4 Å². The molecule has 0 aliphatic heterocycles. The molecule has 1 aromatic heterocycles. The van der Waals surface area contributed by atoms with Crippen molar-refractivity contribution in [3.8, 4) is 0 Å². The Morgan fingerprint density at radius 1 is 1.38 bits per heavy atom. The fraction of sp³-hybridized carbons (Fsp3) is 0.400. The molecule has 0 aliphatic carbocycles. The number of anilines is 1. The molecule has 1 unspecified atom stereocenters. The summed E-state index contributed by atoms with van der Waals surface area (Å²) in [6, 6.07) is 5.79. The first-order chi connectivity index (χ1) is 10.1. The lowest BCUT2D eigenvalue weighted by Crippen LogP contribution is -2.23. The molecule has 1 heterocycles. The zero-order valence-corrected chi connectivity index (χ0v) is 13.7. The molecule has 0 bridgehead atoms. The van der Waals surface area contributed by atoms with Gasteiger partial charge in [0.15, 0.2) is 0 Å². The lowest BCUT2D eigenvalue weighted by Gasteiger charge is -2.15. The highest BCUT2D eigenvalue weighted by Crippen LogP contribution is 2.22. The molecule has 0 spiro atoms. The summed E-state index contributed by atoms with van der Waals surface area (Å²) in [7, 11) is 1.69. The van der Waals surface area contributed by atoms with Crippen molar-refractivity contribution in [1.82, 2.24) is 9.55 Å². The van der Waals surface area contributed by atoms with E-state index in [1.807, 2.05) is 18.3 Å². The van der Waals surface area contributed by atoms with E-state index in [1.165, 1.54) is 0 Å². The van der Waals surface area contributed by atoms with E-state index in [2.05, 4.69) is 21.8 Å². The van der Waals surface area contributed by atoms with Gasteiger partial charge in [-0.1, -0.05) is 29.3 Å². The monoisotopic (exact) mass is 327 g/mol. The molecule has 2 rings (SSSR count). The Morgan fingerprint density at radius 2 is 2.19 bits per heavy atom. The van der Waals surface area contributed by atoms with Crippen LogP contribution in [0.3, 0.4) is 0 Å². The number of methoxy groups -OCH3 is 1. The molecule has 0 aliphatic rings. The van der Waals surface area contributed by atoms with Gasteiger partial charge in [0.1, 0.15) is 0 Å². The van der Waals surface area contributed by atoms with Crippen LogP contribution in [0.2, 0.25) is 10.0 Å². The van der Waals surface area contributed by atoms with E-state index in [9.17, 15) is 0 Å². The van der Waals surface area contributed by atoms with Crippen LogP contribution in [0.4, 0.5) is 5.95 Å². The zero-order valence-electron chi connectivity index (χ0n) is 12.1. The summed E-state index contributed by atoms with van der Waals surface area (Å²) in [5.41, 5.74) is 1.07. The standard InChI is InChI=1S/C15H19Cl2N3O/c1-11(10-21-2)19-15-18-6-8-20(15)7-5-12-3-4-13(16)9-14(12)17/h3-4,6,8-9,11H,5,7,10H2,1-2H3,(H,18,19). The van der Waals surface area contributed by atoms with Crippen molar-refractivity contribution in [3.63, 3.8) is 0 Å². The summed E-state index contributed by atoms with van der Waals surface area (Å²) < 4.78 is 7.19. The average Bonchev–Trinajstić information content (AvgIpc) is 2.85. The molecule has 0 amide bonds. The Morgan fingerprint density at radius 3 is 2.90 bits per heavy atom. The second-order valence-electron chi connectivity index (χ2n) is 4.93. The van der Waals surface area contributed by atoms with Crippen LogP contribution in [-0.2, 0) is 17.7 Å². The third kappa shape index (κ3) is 4.63. The SMILES string of the molecule is COCC(C)Nc1nccn1CCc1ccc(Cl)cc1Cl. The van der Waals surface area contributed by atoms with Crippen LogP contribution in [0.15, 0.2) is 30.6 Å². The van der Waals surface area contributed by atoms with Crippen LogP contribution < -0.4 is 5.32 Å². The number of aromatic nitrogens is 2. The fourth-order valence-corrected chi connectivity index (χ4v) is 2.61. The maximum absolute atomic E-state index is 6.19. The van der Waals surface area contributed by atoms with Crippen molar-refractivity contribution in [3.05, 3.63) is 46.2 Å². The molecule has 0 radical (unpaired) electrons. The number of hydrogen-bond acceptors (Lipinski definition) is 3. The first-order valence-corrected chi connectivity index (χ1v) is 7.56. The van der Waals surface area contributed by atoms with Gasteiger partial charge in [-0.3, -0.25) is 0 Å². The lowest BCUT2D eigenvalue weighted by molar-refractivity contribution is 0.190. The highest BCUT2D eigenvalue weighted by molar-refractivity contribution is 6.35.